The quantitative estimate of drug-likeness (QED) is 0.363. The predicted octanol–water partition coefficient (Wildman–Crippen LogP) is 5.18. The van der Waals surface area contributed by atoms with Crippen molar-refractivity contribution in [2.75, 3.05) is 5.32 Å². The molecule has 0 aliphatic carbocycles. The van der Waals surface area contributed by atoms with E-state index in [1.54, 1.807) is 11.7 Å². The van der Waals surface area contributed by atoms with Crippen LogP contribution in [0.5, 0.6) is 0 Å². The second-order valence-corrected chi connectivity index (χ2v) is 8.20. The Balaban J connectivity index is 1.65. The lowest BCUT2D eigenvalue weighted by Gasteiger charge is -2.10. The summed E-state index contributed by atoms with van der Waals surface area (Å²) >= 11 is 4.74. The van der Waals surface area contributed by atoms with E-state index in [9.17, 15) is 4.79 Å². The first-order valence-corrected chi connectivity index (χ1v) is 9.82. The highest BCUT2D eigenvalue weighted by Gasteiger charge is 2.16. The fourth-order valence-electron chi connectivity index (χ4n) is 3.21. The van der Waals surface area contributed by atoms with E-state index >= 15 is 0 Å². The molecule has 3 N–H and O–H groups in total. The maximum Gasteiger partial charge on any atom is 0.276 e. The van der Waals surface area contributed by atoms with Crippen LogP contribution in [-0.4, -0.2) is 26.1 Å². The zero-order chi connectivity index (χ0) is 18.4. The van der Waals surface area contributed by atoms with Crippen LogP contribution in [0.2, 0.25) is 0 Å². The van der Waals surface area contributed by atoms with Crippen molar-refractivity contribution in [1.29, 1.82) is 0 Å². The molecule has 6 nitrogen and oxygen atoms in total. The van der Waals surface area contributed by atoms with Crippen LogP contribution in [0.4, 0.5) is 5.69 Å². The zero-order valence-electron chi connectivity index (χ0n) is 13.8. The predicted molar refractivity (Wildman–Crippen MR) is 111 cm³/mol. The van der Waals surface area contributed by atoms with Crippen molar-refractivity contribution >= 4 is 60.7 Å². The van der Waals surface area contributed by atoms with Crippen LogP contribution in [0.25, 0.3) is 32.9 Å². The third-order valence-electron chi connectivity index (χ3n) is 4.45. The van der Waals surface area contributed by atoms with Crippen LogP contribution in [0.3, 0.4) is 0 Å². The van der Waals surface area contributed by atoms with Gasteiger partial charge in [0.05, 0.1) is 22.9 Å². The van der Waals surface area contributed by atoms with E-state index in [4.69, 9.17) is 0 Å². The molecule has 8 heteroatoms. The SMILES string of the molecule is O=C(Nc1cc(-c2cccc3[nH]ccc23)cc2[nH]ncc12)c1ncsc1Br. The van der Waals surface area contributed by atoms with Crippen LogP contribution < -0.4 is 5.32 Å². The molecular weight excluding hydrogens is 426 g/mol. The molecule has 0 aliphatic heterocycles. The average molecular weight is 438 g/mol. The molecule has 0 bridgehead atoms. The molecule has 132 valence electrons. The average Bonchev–Trinajstić information content (AvgIpc) is 3.40. The number of amides is 1. The van der Waals surface area contributed by atoms with Gasteiger partial charge in [0.1, 0.15) is 3.79 Å². The molecule has 3 aromatic heterocycles. The Hall–Kier alpha value is -2.97. The van der Waals surface area contributed by atoms with Gasteiger partial charge in [-0.3, -0.25) is 9.89 Å². The lowest BCUT2D eigenvalue weighted by molar-refractivity contribution is 0.102. The van der Waals surface area contributed by atoms with Crippen molar-refractivity contribution in [1.82, 2.24) is 20.2 Å². The fraction of sp³-hybridized carbons (Fsp3) is 0. The molecule has 0 atom stereocenters. The minimum absolute atomic E-state index is 0.261. The van der Waals surface area contributed by atoms with E-state index in [0.717, 1.165) is 32.9 Å². The molecular formula is C19H12BrN5OS. The summed E-state index contributed by atoms with van der Waals surface area (Å²) in [5, 5.41) is 12.1. The van der Waals surface area contributed by atoms with Crippen LogP contribution in [0.15, 0.2) is 58.1 Å². The number of aromatic nitrogens is 4. The normalized spacial score (nSPS) is 11.3. The third-order valence-corrected chi connectivity index (χ3v) is 6.00. The minimum atomic E-state index is -0.261. The number of anilines is 1. The van der Waals surface area contributed by atoms with Crippen molar-refractivity contribution in [3.05, 3.63) is 63.8 Å². The van der Waals surface area contributed by atoms with E-state index < -0.39 is 0 Å². The largest absolute Gasteiger partial charge is 0.361 e. The summed E-state index contributed by atoms with van der Waals surface area (Å²) in [5.41, 5.74) is 6.68. The molecule has 2 aromatic carbocycles. The van der Waals surface area contributed by atoms with Crippen molar-refractivity contribution in [2.45, 2.75) is 0 Å². The number of aromatic amines is 2. The van der Waals surface area contributed by atoms with Crippen LogP contribution in [0.1, 0.15) is 10.5 Å². The van der Waals surface area contributed by atoms with Crippen molar-refractivity contribution in [3.63, 3.8) is 0 Å². The van der Waals surface area contributed by atoms with Gasteiger partial charge >= 0.3 is 0 Å². The number of halogens is 1. The summed E-state index contributed by atoms with van der Waals surface area (Å²) in [5.74, 6) is -0.261. The first-order chi connectivity index (χ1) is 13.2. The Bertz CT molecular complexity index is 1300. The molecule has 5 rings (SSSR count). The van der Waals surface area contributed by atoms with E-state index in [1.807, 2.05) is 36.5 Å². The highest BCUT2D eigenvalue weighted by Crippen LogP contribution is 2.34. The summed E-state index contributed by atoms with van der Waals surface area (Å²) in [7, 11) is 0. The van der Waals surface area contributed by atoms with Crippen molar-refractivity contribution in [2.24, 2.45) is 0 Å². The second-order valence-electron chi connectivity index (χ2n) is 6.03. The number of thiazole rings is 1. The van der Waals surface area contributed by atoms with Crippen molar-refractivity contribution < 1.29 is 4.79 Å². The van der Waals surface area contributed by atoms with E-state index in [1.165, 1.54) is 11.3 Å². The molecule has 5 aromatic rings. The Morgan fingerprint density at radius 2 is 2.07 bits per heavy atom. The summed E-state index contributed by atoms with van der Waals surface area (Å²) in [6, 6.07) is 12.2. The fourth-order valence-corrected chi connectivity index (χ4v) is 4.25. The van der Waals surface area contributed by atoms with E-state index in [0.29, 0.717) is 15.2 Å². The summed E-state index contributed by atoms with van der Waals surface area (Å²) in [6.45, 7) is 0. The van der Waals surface area contributed by atoms with Gasteiger partial charge in [-0.2, -0.15) is 5.10 Å². The smallest absolute Gasteiger partial charge is 0.276 e. The van der Waals surface area contributed by atoms with Gasteiger partial charge in [0.15, 0.2) is 5.69 Å². The maximum absolute atomic E-state index is 12.6. The number of hydrogen-bond acceptors (Lipinski definition) is 4. The number of H-pyrrole nitrogens is 2. The van der Waals surface area contributed by atoms with Gasteiger partial charge in [-0.15, -0.1) is 11.3 Å². The highest BCUT2D eigenvalue weighted by molar-refractivity contribution is 9.11. The van der Waals surface area contributed by atoms with Gasteiger partial charge in [0, 0.05) is 22.5 Å². The first-order valence-electron chi connectivity index (χ1n) is 8.14. The number of nitrogens with one attached hydrogen (secondary N) is 3. The Kier molecular flexibility index (Phi) is 3.80. The van der Waals surface area contributed by atoms with Gasteiger partial charge in [-0.1, -0.05) is 12.1 Å². The lowest BCUT2D eigenvalue weighted by atomic mass is 9.99. The molecule has 0 spiro atoms. The molecule has 27 heavy (non-hydrogen) atoms. The summed E-state index contributed by atoms with van der Waals surface area (Å²) in [6.07, 6.45) is 3.63. The van der Waals surface area contributed by atoms with Gasteiger partial charge in [0.2, 0.25) is 0 Å². The van der Waals surface area contributed by atoms with Gasteiger partial charge in [-0.05, 0) is 51.3 Å². The molecule has 3 heterocycles. The maximum atomic E-state index is 12.6. The first kappa shape index (κ1) is 16.2. The molecule has 0 radical (unpaired) electrons. The summed E-state index contributed by atoms with van der Waals surface area (Å²) < 4.78 is 0.705. The Morgan fingerprint density at radius 3 is 2.93 bits per heavy atom. The number of nitrogens with zero attached hydrogens (tertiary/aromatic N) is 2. The van der Waals surface area contributed by atoms with Crippen molar-refractivity contribution in [3.8, 4) is 11.1 Å². The molecule has 0 unspecified atom stereocenters. The number of rotatable bonds is 3. The number of carbonyl (C=O) groups is 1. The zero-order valence-corrected chi connectivity index (χ0v) is 16.2. The number of benzene rings is 2. The second kappa shape index (κ2) is 6.33. The van der Waals surface area contributed by atoms with E-state index in [2.05, 4.69) is 47.5 Å². The Labute approximate surface area is 165 Å². The lowest BCUT2D eigenvalue weighted by Crippen LogP contribution is -2.13. The Morgan fingerprint density at radius 1 is 1.15 bits per heavy atom. The molecule has 0 aliphatic rings. The number of carbonyl (C=O) groups excluding carboxylic acids is 1. The van der Waals surface area contributed by atoms with Crippen LogP contribution >= 0.6 is 27.3 Å². The minimum Gasteiger partial charge on any atom is -0.361 e. The van der Waals surface area contributed by atoms with Gasteiger partial charge in [-0.25, -0.2) is 4.98 Å². The van der Waals surface area contributed by atoms with Gasteiger partial charge in [0.25, 0.3) is 5.91 Å². The molecule has 0 fully saturated rings. The van der Waals surface area contributed by atoms with E-state index in [-0.39, 0.29) is 5.91 Å². The standard InChI is InChI=1S/C19H12BrN5OS/c20-18-17(22-9-27-18)19(26)24-15-6-10(7-16-13(15)8-23-25-16)11-2-1-3-14-12(11)4-5-21-14/h1-9,21H,(H,23,25)(H,24,26). The molecule has 1 amide bonds. The highest BCUT2D eigenvalue weighted by atomic mass is 79.9. The monoisotopic (exact) mass is 437 g/mol. The molecule has 0 saturated heterocycles. The van der Waals surface area contributed by atoms with Crippen LogP contribution in [0, 0.1) is 0 Å². The van der Waals surface area contributed by atoms with Gasteiger partial charge < -0.3 is 10.3 Å². The van der Waals surface area contributed by atoms with Crippen LogP contribution in [-0.2, 0) is 0 Å². The topological polar surface area (TPSA) is 86.5 Å². The number of fused-ring (bicyclic) bond motifs is 2. The summed E-state index contributed by atoms with van der Waals surface area (Å²) in [4.78, 5) is 20.0. The third kappa shape index (κ3) is 2.73. The molecule has 0 saturated carbocycles. The number of hydrogen-bond donors (Lipinski definition) is 3.